The minimum absolute atomic E-state index is 0.208. The van der Waals surface area contributed by atoms with Gasteiger partial charge in [-0.1, -0.05) is 212 Å². The maximum Gasteiger partial charge on any atom is 0.163 e. The number of nitrogens with one attached hydrogen (secondary N) is 1. The third-order valence-electron chi connectivity index (χ3n) is 12.7. The zero-order valence-corrected chi connectivity index (χ0v) is 36.2. The molecule has 1 aliphatic rings. The summed E-state index contributed by atoms with van der Waals surface area (Å²) >= 11 is 0. The van der Waals surface area contributed by atoms with Crippen molar-refractivity contribution in [2.24, 2.45) is 0 Å². The molecule has 0 aliphatic heterocycles. The molecule has 4 nitrogen and oxygen atoms in total. The minimum atomic E-state index is -0.430. The maximum absolute atomic E-state index is 9.22. The third kappa shape index (κ3) is 7.97. The fraction of sp³-hybridized carbons (Fsp3) is 0.0323. The molecule has 0 saturated heterocycles. The topological polar surface area (TPSA) is 62.5 Å². The summed E-state index contributed by atoms with van der Waals surface area (Å²) in [6.45, 7) is 0. The Hall–Kier alpha value is -8.60. The van der Waals surface area contributed by atoms with E-state index in [0.717, 1.165) is 66.8 Å². The van der Waals surface area contributed by atoms with Gasteiger partial charge in [-0.25, -0.2) is 15.0 Å². The lowest BCUT2D eigenvalue weighted by Crippen LogP contribution is -2.15. The van der Waals surface area contributed by atoms with Crippen molar-refractivity contribution < 1.29 is 0 Å². The van der Waals surface area contributed by atoms with Gasteiger partial charge in [0.15, 0.2) is 11.6 Å². The van der Waals surface area contributed by atoms with Gasteiger partial charge in [-0.15, -0.1) is 0 Å². The number of nitrogens with zero attached hydrogens (tertiary/aromatic N) is 3. The summed E-state index contributed by atoms with van der Waals surface area (Å²) in [7, 11) is 0. The molecule has 10 aromatic rings. The van der Waals surface area contributed by atoms with Crippen molar-refractivity contribution in [1.82, 2.24) is 15.0 Å². The number of aromatic nitrogens is 3. The first kappa shape index (κ1) is 40.2. The van der Waals surface area contributed by atoms with Crippen molar-refractivity contribution in [2.45, 2.75) is 11.8 Å². The van der Waals surface area contributed by atoms with Crippen molar-refractivity contribution in [3.63, 3.8) is 0 Å². The van der Waals surface area contributed by atoms with Crippen LogP contribution in [0.15, 0.2) is 243 Å². The van der Waals surface area contributed by atoms with E-state index in [9.17, 15) is 5.41 Å². The normalized spacial score (nSPS) is 12.6. The molecule has 1 heterocycles. The molecule has 11 rings (SSSR count). The molecule has 1 aliphatic carbocycles. The van der Waals surface area contributed by atoms with E-state index in [1.165, 1.54) is 28.5 Å². The summed E-state index contributed by atoms with van der Waals surface area (Å²) in [5.41, 5.74) is 17.3. The molecule has 1 N–H and O–H groups in total. The molecular formula is C62H44N4. The highest BCUT2D eigenvalue weighted by Crippen LogP contribution is 2.53. The van der Waals surface area contributed by atoms with Crippen molar-refractivity contribution in [2.75, 3.05) is 0 Å². The SMILES string of the molecule is N=C/C(=C\C(c1nc(-c2ccccc2)nc(-c2ccccc2)n1)C1c2ccc(-c3ccccc3)cc2-c2cc(-c3ccccc3)ccc21)c1cc(-c2ccccc2)cc(-c2ccccc2)c1. The third-order valence-corrected chi connectivity index (χ3v) is 12.7. The van der Waals surface area contributed by atoms with Gasteiger partial charge in [-0.2, -0.15) is 0 Å². The van der Waals surface area contributed by atoms with Crippen LogP contribution in [0.3, 0.4) is 0 Å². The summed E-state index contributed by atoms with van der Waals surface area (Å²) < 4.78 is 0. The number of hydrogen-bond donors (Lipinski definition) is 1. The second-order valence-electron chi connectivity index (χ2n) is 16.7. The van der Waals surface area contributed by atoms with Crippen LogP contribution in [0.1, 0.15) is 34.4 Å². The van der Waals surface area contributed by atoms with Crippen LogP contribution < -0.4 is 0 Å². The van der Waals surface area contributed by atoms with E-state index in [-0.39, 0.29) is 5.92 Å². The molecule has 66 heavy (non-hydrogen) atoms. The number of fused-ring (bicyclic) bond motifs is 3. The van der Waals surface area contributed by atoms with E-state index in [1.54, 1.807) is 0 Å². The van der Waals surface area contributed by atoms with Crippen LogP contribution in [0.5, 0.6) is 0 Å². The molecule has 4 heteroatoms. The molecule has 9 aromatic carbocycles. The zero-order chi connectivity index (χ0) is 44.2. The van der Waals surface area contributed by atoms with Crippen LogP contribution in [0.2, 0.25) is 0 Å². The van der Waals surface area contributed by atoms with E-state index in [2.05, 4.69) is 194 Å². The Balaban J connectivity index is 1.18. The molecule has 1 atom stereocenters. The second-order valence-corrected chi connectivity index (χ2v) is 16.7. The highest BCUT2D eigenvalue weighted by atomic mass is 15.0. The number of hydrogen-bond acceptors (Lipinski definition) is 4. The van der Waals surface area contributed by atoms with E-state index >= 15 is 0 Å². The lowest BCUT2D eigenvalue weighted by Gasteiger charge is -2.24. The molecule has 0 radical (unpaired) electrons. The minimum Gasteiger partial charge on any atom is -0.308 e. The number of allylic oxidation sites excluding steroid dienone is 2. The summed E-state index contributed by atoms with van der Waals surface area (Å²) in [6.07, 6.45) is 3.74. The van der Waals surface area contributed by atoms with E-state index in [4.69, 9.17) is 15.0 Å². The largest absolute Gasteiger partial charge is 0.308 e. The molecule has 1 aromatic heterocycles. The highest BCUT2D eigenvalue weighted by molar-refractivity contribution is 6.09. The quantitative estimate of drug-likeness (QED) is 0.132. The second kappa shape index (κ2) is 17.9. The van der Waals surface area contributed by atoms with E-state index < -0.39 is 5.92 Å². The Bertz CT molecular complexity index is 3150. The zero-order valence-electron chi connectivity index (χ0n) is 36.2. The Labute approximate surface area is 385 Å². The maximum atomic E-state index is 9.22. The molecule has 1 unspecified atom stereocenters. The van der Waals surface area contributed by atoms with Crippen molar-refractivity contribution in [3.05, 3.63) is 265 Å². The molecule has 0 spiro atoms. The van der Waals surface area contributed by atoms with Gasteiger partial charge >= 0.3 is 0 Å². The lowest BCUT2D eigenvalue weighted by molar-refractivity contribution is 0.680. The molecule has 0 amide bonds. The van der Waals surface area contributed by atoms with Crippen molar-refractivity contribution in [3.8, 4) is 78.4 Å². The summed E-state index contributed by atoms with van der Waals surface area (Å²) in [4.78, 5) is 16.0. The van der Waals surface area contributed by atoms with Gasteiger partial charge in [0.2, 0.25) is 0 Å². The molecule has 0 saturated carbocycles. The fourth-order valence-corrected chi connectivity index (χ4v) is 9.40. The monoisotopic (exact) mass is 844 g/mol. The Kier molecular flexibility index (Phi) is 10.9. The summed E-state index contributed by atoms with van der Waals surface area (Å²) in [5, 5.41) is 9.22. The van der Waals surface area contributed by atoms with Crippen LogP contribution >= 0.6 is 0 Å². The van der Waals surface area contributed by atoms with Gasteiger partial charge in [-0.05, 0) is 108 Å². The smallest absolute Gasteiger partial charge is 0.163 e. The first-order valence-corrected chi connectivity index (χ1v) is 22.4. The molecule has 312 valence electrons. The van der Waals surface area contributed by atoms with Crippen LogP contribution in [-0.2, 0) is 0 Å². The fourth-order valence-electron chi connectivity index (χ4n) is 9.40. The number of rotatable bonds is 11. The standard InChI is InChI=1S/C62H44N4/c63-41-53(52-36-50(44-23-11-3-12-24-44)35-51(37-52)45-25-13-4-14-26-45)40-58(62-65-60(46-27-15-5-16-28-46)64-61(66-62)47-29-17-6-18-30-47)59-54-33-31-48(42-19-7-1-8-20-42)38-56(54)57-39-49(32-34-55(57)59)43-21-9-2-10-22-43/h1-41,58-59,63H/b53-40+,63-41?. The van der Waals surface area contributed by atoms with E-state index in [1.807, 2.05) is 48.5 Å². The van der Waals surface area contributed by atoms with Crippen LogP contribution in [0.4, 0.5) is 0 Å². The van der Waals surface area contributed by atoms with Gasteiger partial charge in [0.1, 0.15) is 5.82 Å². The van der Waals surface area contributed by atoms with Crippen LogP contribution in [0.25, 0.3) is 84.0 Å². The predicted octanol–water partition coefficient (Wildman–Crippen LogP) is 15.5. The first-order valence-electron chi connectivity index (χ1n) is 22.4. The van der Waals surface area contributed by atoms with Crippen molar-refractivity contribution >= 4 is 11.8 Å². The highest BCUT2D eigenvalue weighted by Gasteiger charge is 2.37. The van der Waals surface area contributed by atoms with Gasteiger partial charge in [0.25, 0.3) is 0 Å². The Morgan fingerprint density at radius 2 is 0.727 bits per heavy atom. The first-order chi connectivity index (χ1) is 32.7. The van der Waals surface area contributed by atoms with Gasteiger partial charge in [-0.3, -0.25) is 0 Å². The lowest BCUT2D eigenvalue weighted by atomic mass is 9.81. The van der Waals surface area contributed by atoms with Crippen LogP contribution in [0, 0.1) is 5.41 Å². The summed E-state index contributed by atoms with van der Waals surface area (Å²) in [6, 6.07) is 83.0. The number of benzene rings is 9. The molecular weight excluding hydrogens is 801 g/mol. The molecule has 0 fully saturated rings. The Morgan fingerprint density at radius 1 is 0.364 bits per heavy atom. The van der Waals surface area contributed by atoms with E-state index in [0.29, 0.717) is 17.5 Å². The van der Waals surface area contributed by atoms with Gasteiger partial charge < -0.3 is 5.41 Å². The van der Waals surface area contributed by atoms with Gasteiger partial charge in [0, 0.05) is 29.2 Å². The summed E-state index contributed by atoms with van der Waals surface area (Å²) in [5.74, 6) is 1.20. The molecule has 0 bridgehead atoms. The predicted molar refractivity (Wildman–Crippen MR) is 272 cm³/mol. The Morgan fingerprint density at radius 3 is 1.11 bits per heavy atom. The average Bonchev–Trinajstić information content (AvgIpc) is 3.73. The van der Waals surface area contributed by atoms with Gasteiger partial charge in [0.05, 0.1) is 0 Å². The van der Waals surface area contributed by atoms with Crippen LogP contribution in [-0.4, -0.2) is 21.2 Å². The van der Waals surface area contributed by atoms with Crippen molar-refractivity contribution in [1.29, 1.82) is 5.41 Å². The average molecular weight is 845 g/mol.